The zero-order chi connectivity index (χ0) is 22.2. The molecule has 4 rings (SSSR count). The van der Waals surface area contributed by atoms with E-state index in [1.165, 1.54) is 6.26 Å². The molecule has 0 fully saturated rings. The zero-order valence-corrected chi connectivity index (χ0v) is 18.4. The van der Waals surface area contributed by atoms with Crippen LogP contribution in [0.4, 0.5) is 5.82 Å². The summed E-state index contributed by atoms with van der Waals surface area (Å²) in [4.78, 5) is 32.1. The Kier molecular flexibility index (Phi) is 5.72. The van der Waals surface area contributed by atoms with Crippen LogP contribution in [0.15, 0.2) is 47.4 Å². The van der Waals surface area contributed by atoms with Crippen LogP contribution in [0, 0.1) is 0 Å². The largest absolute Gasteiger partial charge is 0.352 e. The number of sulfone groups is 1. The van der Waals surface area contributed by atoms with Gasteiger partial charge in [-0.05, 0) is 29.8 Å². The van der Waals surface area contributed by atoms with Gasteiger partial charge in [-0.2, -0.15) is 0 Å². The van der Waals surface area contributed by atoms with Crippen LogP contribution in [0.1, 0.15) is 15.9 Å². The average molecular weight is 461 g/mol. The summed E-state index contributed by atoms with van der Waals surface area (Å²) in [5.74, 6) is 0.0987. The Hall–Kier alpha value is -2.91. The molecule has 10 heteroatoms. The van der Waals surface area contributed by atoms with Gasteiger partial charge in [-0.3, -0.25) is 9.59 Å². The summed E-state index contributed by atoms with van der Waals surface area (Å²) in [6.07, 6.45) is 2.79. The third kappa shape index (κ3) is 4.57. The smallest absolute Gasteiger partial charge is 0.264 e. The molecule has 1 aliphatic rings. The van der Waals surface area contributed by atoms with E-state index in [1.807, 2.05) is 17.0 Å². The van der Waals surface area contributed by atoms with Crippen LogP contribution in [0.2, 0.25) is 5.02 Å². The van der Waals surface area contributed by atoms with Crippen LogP contribution < -0.4 is 15.8 Å². The molecule has 1 amide bonds. The molecule has 3 aromatic rings. The second-order valence-corrected chi connectivity index (χ2v) is 10.2. The number of carbonyl (C=O) groups is 1. The van der Waals surface area contributed by atoms with Gasteiger partial charge in [0.05, 0.1) is 11.3 Å². The fourth-order valence-electron chi connectivity index (χ4n) is 3.62. The zero-order valence-electron chi connectivity index (χ0n) is 16.8. The number of amides is 1. The van der Waals surface area contributed by atoms with Crippen molar-refractivity contribution in [2.75, 3.05) is 30.0 Å². The van der Waals surface area contributed by atoms with Crippen molar-refractivity contribution in [2.45, 2.75) is 13.1 Å². The SMILES string of the molecule is CS(=O)(=O)CCN1CCn2c(=O)c(C(=O)NCc3ccc(Cl)cc3)cc3ccnc1c32. The first-order valence-corrected chi connectivity index (χ1v) is 12.1. The number of benzene rings is 1. The summed E-state index contributed by atoms with van der Waals surface area (Å²) in [5, 5.41) is 4.09. The van der Waals surface area contributed by atoms with E-state index in [-0.39, 0.29) is 17.9 Å². The number of hydrogen-bond donors (Lipinski definition) is 1. The number of carbonyl (C=O) groups excluding carboxylic acids is 1. The summed E-state index contributed by atoms with van der Waals surface area (Å²) in [6, 6.07) is 10.4. The van der Waals surface area contributed by atoms with Gasteiger partial charge in [0.2, 0.25) is 0 Å². The van der Waals surface area contributed by atoms with Crippen molar-refractivity contribution in [2.24, 2.45) is 0 Å². The molecule has 2 aromatic heterocycles. The van der Waals surface area contributed by atoms with Crippen molar-refractivity contribution < 1.29 is 13.2 Å². The molecular weight excluding hydrogens is 440 g/mol. The Morgan fingerprint density at radius 1 is 1.19 bits per heavy atom. The first kappa shape index (κ1) is 21.3. The molecule has 1 aromatic carbocycles. The van der Waals surface area contributed by atoms with E-state index in [0.717, 1.165) is 5.56 Å². The van der Waals surface area contributed by atoms with Crippen LogP contribution in [0.5, 0.6) is 0 Å². The molecule has 8 nitrogen and oxygen atoms in total. The summed E-state index contributed by atoms with van der Waals surface area (Å²) in [6.45, 7) is 1.34. The predicted octanol–water partition coefficient (Wildman–Crippen LogP) is 1.84. The average Bonchev–Trinajstić information content (AvgIpc) is 2.74. The molecule has 1 N–H and O–H groups in total. The van der Waals surface area contributed by atoms with Gasteiger partial charge in [0.1, 0.15) is 15.4 Å². The van der Waals surface area contributed by atoms with Crippen molar-refractivity contribution in [3.8, 4) is 0 Å². The molecule has 0 saturated heterocycles. The summed E-state index contributed by atoms with van der Waals surface area (Å²) < 4.78 is 24.7. The first-order chi connectivity index (χ1) is 14.7. The van der Waals surface area contributed by atoms with Gasteiger partial charge in [0.25, 0.3) is 11.5 Å². The number of halogens is 1. The van der Waals surface area contributed by atoms with Crippen LogP contribution in [0.25, 0.3) is 10.9 Å². The van der Waals surface area contributed by atoms with Crippen LogP contribution in [-0.2, 0) is 22.9 Å². The number of nitrogens with one attached hydrogen (secondary N) is 1. The van der Waals surface area contributed by atoms with Crippen LogP contribution in [-0.4, -0.2) is 49.0 Å². The highest BCUT2D eigenvalue weighted by Gasteiger charge is 2.24. The molecule has 0 bridgehead atoms. The van der Waals surface area contributed by atoms with Gasteiger partial charge in [0.15, 0.2) is 5.82 Å². The number of anilines is 1. The lowest BCUT2D eigenvalue weighted by molar-refractivity contribution is 0.0949. The van der Waals surface area contributed by atoms with E-state index >= 15 is 0 Å². The third-order valence-corrected chi connectivity index (χ3v) is 6.39. The number of nitrogens with zero attached hydrogens (tertiary/aromatic N) is 3. The second kappa shape index (κ2) is 8.32. The highest BCUT2D eigenvalue weighted by atomic mass is 35.5. The first-order valence-electron chi connectivity index (χ1n) is 9.71. The highest BCUT2D eigenvalue weighted by Crippen LogP contribution is 2.27. The summed E-state index contributed by atoms with van der Waals surface area (Å²) >= 11 is 5.88. The Balaban J connectivity index is 1.64. The lowest BCUT2D eigenvalue weighted by atomic mass is 10.1. The molecular formula is C21H21ClN4O4S. The van der Waals surface area contributed by atoms with Crippen molar-refractivity contribution in [1.29, 1.82) is 0 Å². The molecule has 0 aliphatic carbocycles. The maximum absolute atomic E-state index is 13.1. The predicted molar refractivity (Wildman–Crippen MR) is 121 cm³/mol. The molecule has 1 aliphatic heterocycles. The third-order valence-electron chi connectivity index (χ3n) is 5.22. The number of pyridine rings is 2. The highest BCUT2D eigenvalue weighted by molar-refractivity contribution is 7.90. The van der Waals surface area contributed by atoms with E-state index in [9.17, 15) is 18.0 Å². The van der Waals surface area contributed by atoms with Gasteiger partial charge in [0, 0.05) is 49.0 Å². The van der Waals surface area contributed by atoms with E-state index in [0.29, 0.717) is 41.4 Å². The van der Waals surface area contributed by atoms with E-state index in [1.54, 1.807) is 35.0 Å². The van der Waals surface area contributed by atoms with Gasteiger partial charge < -0.3 is 14.8 Å². The molecule has 0 saturated carbocycles. The van der Waals surface area contributed by atoms with Crippen molar-refractivity contribution in [3.05, 3.63) is 69.1 Å². The topological polar surface area (TPSA) is 101 Å². The van der Waals surface area contributed by atoms with Gasteiger partial charge in [-0.15, -0.1) is 0 Å². The van der Waals surface area contributed by atoms with Crippen LogP contribution in [0.3, 0.4) is 0 Å². The fourth-order valence-corrected chi connectivity index (χ4v) is 4.30. The Labute approximate surface area is 184 Å². The minimum absolute atomic E-state index is 0.000483. The van der Waals surface area contributed by atoms with E-state index in [4.69, 9.17) is 11.6 Å². The number of hydrogen-bond acceptors (Lipinski definition) is 6. The Bertz CT molecular complexity index is 1320. The maximum atomic E-state index is 13.1. The Morgan fingerprint density at radius 2 is 1.94 bits per heavy atom. The second-order valence-electron chi connectivity index (χ2n) is 7.51. The minimum atomic E-state index is -3.13. The molecule has 0 spiro atoms. The van der Waals surface area contributed by atoms with Gasteiger partial charge >= 0.3 is 0 Å². The van der Waals surface area contributed by atoms with Crippen molar-refractivity contribution in [1.82, 2.24) is 14.9 Å². The minimum Gasteiger partial charge on any atom is -0.352 e. The molecule has 162 valence electrons. The monoisotopic (exact) mass is 460 g/mol. The van der Waals surface area contributed by atoms with Gasteiger partial charge in [-0.1, -0.05) is 23.7 Å². The Morgan fingerprint density at radius 3 is 2.65 bits per heavy atom. The normalized spacial score (nSPS) is 13.4. The van der Waals surface area contributed by atoms with E-state index < -0.39 is 21.3 Å². The lowest BCUT2D eigenvalue weighted by Crippen LogP contribution is -2.41. The molecule has 0 unspecified atom stereocenters. The van der Waals surface area contributed by atoms with E-state index in [2.05, 4.69) is 10.3 Å². The lowest BCUT2D eigenvalue weighted by Gasteiger charge is -2.30. The quantitative estimate of drug-likeness (QED) is 0.602. The molecule has 0 radical (unpaired) electrons. The van der Waals surface area contributed by atoms with Crippen LogP contribution >= 0.6 is 11.6 Å². The standard InChI is InChI=1S/C21H21ClN4O4S/c1-31(29,30)11-10-25-8-9-26-18-15(6-7-23-19(18)25)12-17(21(26)28)20(27)24-13-14-2-4-16(22)5-3-14/h2-7,12H,8-11,13H2,1H3,(H,24,27). The van der Waals surface area contributed by atoms with Crippen molar-refractivity contribution >= 4 is 44.1 Å². The maximum Gasteiger partial charge on any atom is 0.264 e. The number of rotatable bonds is 6. The number of aromatic nitrogens is 2. The molecule has 3 heterocycles. The van der Waals surface area contributed by atoms with Crippen molar-refractivity contribution in [3.63, 3.8) is 0 Å². The molecule has 31 heavy (non-hydrogen) atoms. The fraction of sp³-hybridized carbons (Fsp3) is 0.286. The summed E-state index contributed by atoms with van der Waals surface area (Å²) in [5.41, 5.74) is 1.15. The van der Waals surface area contributed by atoms with Gasteiger partial charge in [-0.25, -0.2) is 13.4 Å². The molecule has 0 atom stereocenters. The summed E-state index contributed by atoms with van der Waals surface area (Å²) in [7, 11) is -3.13.